The average molecular weight is 449 g/mol. The quantitative estimate of drug-likeness (QED) is 0.611. The first kappa shape index (κ1) is 22.2. The van der Waals surface area contributed by atoms with Crippen LogP contribution in [0.25, 0.3) is 0 Å². The standard InChI is InChI=1S/C20H15ClF6N2O/c21-13-3-5-15(6-4-13)30-10-14-8-16(18(29-14)20(25,26)27)11-1-2-12(9-28)17(7-11)19(22,23)24/h1-7,14,16,18,29H,8,10H2. The van der Waals surface area contributed by atoms with Crippen molar-refractivity contribution in [3.05, 3.63) is 64.2 Å². The van der Waals surface area contributed by atoms with E-state index in [1.165, 1.54) is 6.07 Å². The van der Waals surface area contributed by atoms with E-state index in [0.29, 0.717) is 16.8 Å². The molecule has 3 atom stereocenters. The van der Waals surface area contributed by atoms with Gasteiger partial charge in [-0.2, -0.15) is 31.6 Å². The van der Waals surface area contributed by atoms with Crippen LogP contribution >= 0.6 is 11.6 Å². The number of nitrogens with one attached hydrogen (secondary N) is 1. The van der Waals surface area contributed by atoms with Crippen molar-refractivity contribution < 1.29 is 31.1 Å². The van der Waals surface area contributed by atoms with Crippen LogP contribution in [0, 0.1) is 11.3 Å². The fourth-order valence-corrected chi connectivity index (χ4v) is 3.63. The smallest absolute Gasteiger partial charge is 0.417 e. The van der Waals surface area contributed by atoms with Gasteiger partial charge in [0.1, 0.15) is 18.4 Å². The Morgan fingerprint density at radius 3 is 2.30 bits per heavy atom. The van der Waals surface area contributed by atoms with Crippen LogP contribution in [-0.2, 0) is 6.18 Å². The van der Waals surface area contributed by atoms with Crippen LogP contribution in [0.1, 0.15) is 29.0 Å². The molecule has 30 heavy (non-hydrogen) atoms. The molecule has 10 heteroatoms. The van der Waals surface area contributed by atoms with E-state index in [2.05, 4.69) is 5.32 Å². The lowest BCUT2D eigenvalue weighted by molar-refractivity contribution is -0.156. The van der Waals surface area contributed by atoms with Gasteiger partial charge in [-0.05, 0) is 48.4 Å². The summed E-state index contributed by atoms with van der Waals surface area (Å²) < 4.78 is 85.9. The maximum Gasteiger partial charge on any atom is 0.417 e. The number of benzene rings is 2. The second-order valence-electron chi connectivity index (χ2n) is 6.90. The van der Waals surface area contributed by atoms with E-state index in [0.717, 1.165) is 12.1 Å². The lowest BCUT2D eigenvalue weighted by Crippen LogP contribution is -2.44. The highest BCUT2D eigenvalue weighted by Gasteiger charge is 2.51. The summed E-state index contributed by atoms with van der Waals surface area (Å²) in [5.74, 6) is -0.844. The molecule has 1 fully saturated rings. The van der Waals surface area contributed by atoms with E-state index in [-0.39, 0.29) is 18.6 Å². The van der Waals surface area contributed by atoms with Crippen molar-refractivity contribution in [3.8, 4) is 11.8 Å². The fraction of sp³-hybridized carbons (Fsp3) is 0.350. The Morgan fingerprint density at radius 2 is 1.73 bits per heavy atom. The first-order chi connectivity index (χ1) is 14.0. The normalized spacial score (nSPS) is 22.0. The van der Waals surface area contributed by atoms with Crippen LogP contribution < -0.4 is 10.1 Å². The number of rotatable bonds is 4. The van der Waals surface area contributed by atoms with Gasteiger partial charge in [0.2, 0.25) is 0 Å². The van der Waals surface area contributed by atoms with Gasteiger partial charge in [0, 0.05) is 17.0 Å². The minimum Gasteiger partial charge on any atom is -0.492 e. The SMILES string of the molecule is N#Cc1ccc(C2CC(COc3ccc(Cl)cc3)NC2C(F)(F)F)cc1C(F)(F)F. The summed E-state index contributed by atoms with van der Waals surface area (Å²) in [7, 11) is 0. The number of halogens is 7. The summed E-state index contributed by atoms with van der Waals surface area (Å²) in [5, 5.41) is 11.8. The summed E-state index contributed by atoms with van der Waals surface area (Å²) in [6.45, 7) is -0.104. The molecule has 160 valence electrons. The van der Waals surface area contributed by atoms with Crippen LogP contribution in [0.3, 0.4) is 0 Å². The summed E-state index contributed by atoms with van der Waals surface area (Å²) in [4.78, 5) is 0. The Balaban J connectivity index is 1.84. The predicted octanol–water partition coefficient (Wildman–Crippen LogP) is 5.69. The number of hydrogen-bond donors (Lipinski definition) is 1. The lowest BCUT2D eigenvalue weighted by atomic mass is 9.88. The van der Waals surface area contributed by atoms with Crippen LogP contribution in [0.5, 0.6) is 5.75 Å². The monoisotopic (exact) mass is 448 g/mol. The van der Waals surface area contributed by atoms with Gasteiger partial charge in [-0.1, -0.05) is 17.7 Å². The number of nitrogens with zero attached hydrogens (tertiary/aromatic N) is 1. The summed E-state index contributed by atoms with van der Waals surface area (Å²) in [6, 6.07) is 7.59. The maximum atomic E-state index is 13.6. The highest BCUT2D eigenvalue weighted by molar-refractivity contribution is 6.30. The number of alkyl halides is 6. The molecule has 3 nitrogen and oxygen atoms in total. The molecule has 1 saturated heterocycles. The van der Waals surface area contributed by atoms with E-state index in [1.54, 1.807) is 24.3 Å². The summed E-state index contributed by atoms with van der Waals surface area (Å²) >= 11 is 5.77. The third-order valence-corrected chi connectivity index (χ3v) is 5.12. The molecule has 3 rings (SSSR count). The minimum atomic E-state index is -4.85. The molecule has 0 amide bonds. The molecule has 1 aliphatic rings. The van der Waals surface area contributed by atoms with Crippen molar-refractivity contribution in [2.24, 2.45) is 0 Å². The van der Waals surface area contributed by atoms with Crippen molar-refractivity contribution in [2.75, 3.05) is 6.61 Å². The van der Waals surface area contributed by atoms with E-state index in [1.807, 2.05) is 0 Å². The molecular weight excluding hydrogens is 434 g/mol. The van der Waals surface area contributed by atoms with Gasteiger partial charge in [-0.25, -0.2) is 0 Å². The molecule has 0 bridgehead atoms. The van der Waals surface area contributed by atoms with Gasteiger partial charge in [0.15, 0.2) is 0 Å². The van der Waals surface area contributed by atoms with Crippen LogP contribution in [0.4, 0.5) is 26.3 Å². The second kappa shape index (κ2) is 8.36. The Bertz CT molecular complexity index is 936. The fourth-order valence-electron chi connectivity index (χ4n) is 3.50. The first-order valence-corrected chi connectivity index (χ1v) is 9.19. The molecule has 0 spiro atoms. The van der Waals surface area contributed by atoms with Crippen molar-refractivity contribution in [3.63, 3.8) is 0 Å². The summed E-state index contributed by atoms with van der Waals surface area (Å²) in [5.41, 5.74) is -2.02. The zero-order valence-electron chi connectivity index (χ0n) is 15.2. The van der Waals surface area contributed by atoms with E-state index < -0.39 is 41.5 Å². The molecule has 1 aliphatic heterocycles. The maximum absolute atomic E-state index is 13.6. The first-order valence-electron chi connectivity index (χ1n) is 8.81. The van der Waals surface area contributed by atoms with Crippen LogP contribution in [-0.4, -0.2) is 24.9 Å². The van der Waals surface area contributed by atoms with Gasteiger partial charge in [-0.3, -0.25) is 5.32 Å². The third kappa shape index (κ3) is 4.99. The highest BCUT2D eigenvalue weighted by Crippen LogP contribution is 2.42. The Hall–Kier alpha value is -2.44. The number of hydrogen-bond acceptors (Lipinski definition) is 3. The van der Waals surface area contributed by atoms with Crippen molar-refractivity contribution >= 4 is 11.6 Å². The van der Waals surface area contributed by atoms with Crippen LogP contribution in [0.15, 0.2) is 42.5 Å². The molecule has 0 radical (unpaired) electrons. The molecule has 2 aromatic rings. The lowest BCUT2D eigenvalue weighted by Gasteiger charge is -2.23. The van der Waals surface area contributed by atoms with Gasteiger partial charge < -0.3 is 4.74 Å². The minimum absolute atomic E-state index is 0.0824. The van der Waals surface area contributed by atoms with E-state index in [4.69, 9.17) is 21.6 Å². The van der Waals surface area contributed by atoms with Gasteiger partial charge in [-0.15, -0.1) is 0 Å². The zero-order chi connectivity index (χ0) is 22.1. The molecule has 0 aliphatic carbocycles. The Morgan fingerprint density at radius 1 is 1.07 bits per heavy atom. The van der Waals surface area contributed by atoms with Gasteiger partial charge in [0.25, 0.3) is 0 Å². The topological polar surface area (TPSA) is 45.0 Å². The number of ether oxygens (including phenoxy) is 1. The summed E-state index contributed by atoms with van der Waals surface area (Å²) in [6.07, 6.45) is -9.61. The Kier molecular flexibility index (Phi) is 6.20. The van der Waals surface area contributed by atoms with E-state index in [9.17, 15) is 26.3 Å². The van der Waals surface area contributed by atoms with Gasteiger partial charge in [0.05, 0.1) is 17.2 Å². The molecule has 1 N–H and O–H groups in total. The van der Waals surface area contributed by atoms with Crippen LogP contribution in [0.2, 0.25) is 5.02 Å². The van der Waals surface area contributed by atoms with Gasteiger partial charge >= 0.3 is 12.4 Å². The largest absolute Gasteiger partial charge is 0.492 e. The van der Waals surface area contributed by atoms with Crippen molar-refractivity contribution in [1.29, 1.82) is 5.26 Å². The molecular formula is C20H15ClF6N2O. The third-order valence-electron chi connectivity index (χ3n) is 4.87. The highest BCUT2D eigenvalue weighted by atomic mass is 35.5. The molecule has 3 unspecified atom stereocenters. The number of nitriles is 1. The molecule has 2 aromatic carbocycles. The molecule has 0 saturated carbocycles. The Labute approximate surface area is 173 Å². The zero-order valence-corrected chi connectivity index (χ0v) is 15.9. The molecule has 0 aromatic heterocycles. The average Bonchev–Trinajstić information content (AvgIpc) is 3.11. The molecule has 1 heterocycles. The second-order valence-corrected chi connectivity index (χ2v) is 7.34. The predicted molar refractivity (Wildman–Crippen MR) is 97.2 cm³/mol. The van der Waals surface area contributed by atoms with Crippen molar-refractivity contribution in [2.45, 2.75) is 36.8 Å². The van der Waals surface area contributed by atoms with E-state index >= 15 is 0 Å². The van der Waals surface area contributed by atoms with Crippen molar-refractivity contribution in [1.82, 2.24) is 5.32 Å².